The first-order valence-corrected chi connectivity index (χ1v) is 6.88. The van der Waals surface area contributed by atoms with Crippen molar-refractivity contribution < 1.29 is 4.79 Å². The lowest BCUT2D eigenvalue weighted by Gasteiger charge is -2.12. The predicted octanol–water partition coefficient (Wildman–Crippen LogP) is 2.44. The number of hydrogen-bond acceptors (Lipinski definition) is 2. The van der Waals surface area contributed by atoms with E-state index in [0.29, 0.717) is 12.3 Å². The Labute approximate surface area is 112 Å². The summed E-state index contributed by atoms with van der Waals surface area (Å²) in [5.41, 5.74) is 2.48. The third-order valence-corrected chi connectivity index (χ3v) is 3.81. The largest absolute Gasteiger partial charge is 0.351 e. The molecule has 3 rings (SSSR count). The van der Waals surface area contributed by atoms with Crippen LogP contribution in [0.2, 0.25) is 0 Å². The molecule has 1 atom stereocenters. The molecule has 1 aliphatic heterocycles. The minimum atomic E-state index is 0.157. The van der Waals surface area contributed by atoms with Crippen LogP contribution >= 0.6 is 0 Å². The van der Waals surface area contributed by atoms with Gasteiger partial charge in [-0.05, 0) is 24.0 Å². The van der Waals surface area contributed by atoms with E-state index in [1.54, 1.807) is 0 Å². The van der Waals surface area contributed by atoms with Gasteiger partial charge in [-0.25, -0.2) is 0 Å². The fraction of sp³-hybridized carbons (Fsp3) is 0.467. The Morgan fingerprint density at radius 1 is 1.47 bits per heavy atom. The van der Waals surface area contributed by atoms with Gasteiger partial charge in [0.25, 0.3) is 0 Å². The Hall–Kier alpha value is -1.84. The van der Waals surface area contributed by atoms with Crippen LogP contribution < -0.4 is 5.32 Å². The fourth-order valence-electron chi connectivity index (χ4n) is 2.62. The molecule has 0 spiro atoms. The van der Waals surface area contributed by atoms with Gasteiger partial charge < -0.3 is 5.32 Å². The zero-order chi connectivity index (χ0) is 13.4. The van der Waals surface area contributed by atoms with E-state index < -0.39 is 0 Å². The fourth-order valence-corrected chi connectivity index (χ4v) is 2.62. The Morgan fingerprint density at radius 3 is 3.00 bits per heavy atom. The highest BCUT2D eigenvalue weighted by molar-refractivity contribution is 5.80. The number of benzene rings is 1. The van der Waals surface area contributed by atoms with Crippen LogP contribution in [0.5, 0.6) is 0 Å². The molecule has 0 aliphatic carbocycles. The highest BCUT2D eigenvalue weighted by Crippen LogP contribution is 2.22. The molecular formula is C15H19N3O. The lowest BCUT2D eigenvalue weighted by Crippen LogP contribution is -2.29. The summed E-state index contributed by atoms with van der Waals surface area (Å²) in [5.74, 6) is 0.670. The van der Waals surface area contributed by atoms with Crippen molar-refractivity contribution in [2.45, 2.75) is 45.2 Å². The monoisotopic (exact) mass is 257 g/mol. The van der Waals surface area contributed by atoms with E-state index in [0.717, 1.165) is 23.9 Å². The first kappa shape index (κ1) is 12.2. The molecule has 4 nitrogen and oxygen atoms in total. The quantitative estimate of drug-likeness (QED) is 0.918. The maximum Gasteiger partial charge on any atom is 0.220 e. The number of aromatic nitrogens is 2. The SMILES string of the molecule is CC(C)c1ccc2cnn(CC3CCC(=O)N3)c2c1. The number of rotatable bonds is 3. The van der Waals surface area contributed by atoms with Crippen molar-refractivity contribution >= 4 is 16.8 Å². The molecule has 1 aromatic heterocycles. The van der Waals surface area contributed by atoms with Crippen LogP contribution in [0.3, 0.4) is 0 Å². The van der Waals surface area contributed by atoms with Crippen LogP contribution in [0.25, 0.3) is 10.9 Å². The molecule has 0 bridgehead atoms. The number of carbonyl (C=O) groups excluding carboxylic acids is 1. The normalized spacial score (nSPS) is 19.3. The van der Waals surface area contributed by atoms with E-state index in [-0.39, 0.29) is 11.9 Å². The summed E-state index contributed by atoms with van der Waals surface area (Å²) in [7, 11) is 0. The lowest BCUT2D eigenvalue weighted by molar-refractivity contribution is -0.119. The highest BCUT2D eigenvalue weighted by Gasteiger charge is 2.21. The summed E-state index contributed by atoms with van der Waals surface area (Å²) in [6, 6.07) is 6.72. The van der Waals surface area contributed by atoms with Crippen LogP contribution in [-0.4, -0.2) is 21.7 Å². The van der Waals surface area contributed by atoms with E-state index in [4.69, 9.17) is 0 Å². The van der Waals surface area contributed by atoms with Crippen molar-refractivity contribution in [2.24, 2.45) is 0 Å². The molecule has 4 heteroatoms. The van der Waals surface area contributed by atoms with E-state index >= 15 is 0 Å². The third kappa shape index (κ3) is 2.35. The first-order valence-electron chi connectivity index (χ1n) is 6.88. The average Bonchev–Trinajstić information content (AvgIpc) is 2.96. The van der Waals surface area contributed by atoms with Gasteiger partial charge in [-0.3, -0.25) is 9.48 Å². The summed E-state index contributed by atoms with van der Waals surface area (Å²) in [6.07, 6.45) is 3.45. The van der Waals surface area contributed by atoms with Crippen LogP contribution in [-0.2, 0) is 11.3 Å². The van der Waals surface area contributed by atoms with Crippen molar-refractivity contribution in [3.63, 3.8) is 0 Å². The lowest BCUT2D eigenvalue weighted by atomic mass is 10.0. The zero-order valence-corrected chi connectivity index (χ0v) is 11.4. The van der Waals surface area contributed by atoms with Gasteiger partial charge in [0, 0.05) is 17.8 Å². The molecule has 1 fully saturated rings. The molecule has 2 aromatic rings. The van der Waals surface area contributed by atoms with Crippen molar-refractivity contribution in [3.05, 3.63) is 30.0 Å². The Kier molecular flexibility index (Phi) is 3.01. The summed E-state index contributed by atoms with van der Waals surface area (Å²) >= 11 is 0. The second-order valence-corrected chi connectivity index (χ2v) is 5.60. The second kappa shape index (κ2) is 4.68. The van der Waals surface area contributed by atoms with Gasteiger partial charge in [-0.15, -0.1) is 0 Å². The van der Waals surface area contributed by atoms with Crippen LogP contribution in [0, 0.1) is 0 Å². The summed E-state index contributed by atoms with van der Waals surface area (Å²) < 4.78 is 2.01. The molecule has 1 aromatic carbocycles. The van der Waals surface area contributed by atoms with Gasteiger partial charge >= 0.3 is 0 Å². The molecule has 1 amide bonds. The van der Waals surface area contributed by atoms with Gasteiger partial charge in [-0.2, -0.15) is 5.10 Å². The van der Waals surface area contributed by atoms with Crippen molar-refractivity contribution in [1.29, 1.82) is 0 Å². The van der Waals surface area contributed by atoms with E-state index in [2.05, 4.69) is 42.5 Å². The highest BCUT2D eigenvalue weighted by atomic mass is 16.1. The maximum atomic E-state index is 11.2. The van der Waals surface area contributed by atoms with Gasteiger partial charge in [0.05, 0.1) is 18.3 Å². The standard InChI is InChI=1S/C15H19N3O/c1-10(2)11-3-4-12-8-16-18(14(12)7-11)9-13-5-6-15(19)17-13/h3-4,7-8,10,13H,5-6,9H2,1-2H3,(H,17,19). The number of fused-ring (bicyclic) bond motifs is 1. The predicted molar refractivity (Wildman–Crippen MR) is 75.0 cm³/mol. The molecule has 100 valence electrons. The minimum absolute atomic E-state index is 0.157. The molecule has 1 N–H and O–H groups in total. The molecular weight excluding hydrogens is 238 g/mol. The molecule has 1 aliphatic rings. The summed E-state index contributed by atoms with van der Waals surface area (Å²) in [5, 5.41) is 8.60. The Morgan fingerprint density at radius 2 is 2.32 bits per heavy atom. The van der Waals surface area contributed by atoms with Crippen LogP contribution in [0.4, 0.5) is 0 Å². The molecule has 2 heterocycles. The number of hydrogen-bond donors (Lipinski definition) is 1. The number of amides is 1. The van der Waals surface area contributed by atoms with Crippen LogP contribution in [0.1, 0.15) is 38.2 Å². The number of nitrogens with zero attached hydrogens (tertiary/aromatic N) is 2. The third-order valence-electron chi connectivity index (χ3n) is 3.81. The minimum Gasteiger partial charge on any atom is -0.351 e. The summed E-state index contributed by atoms with van der Waals surface area (Å²) in [4.78, 5) is 11.2. The van der Waals surface area contributed by atoms with Crippen LogP contribution in [0.15, 0.2) is 24.4 Å². The number of carbonyl (C=O) groups is 1. The van der Waals surface area contributed by atoms with E-state index in [1.807, 2.05) is 10.9 Å². The van der Waals surface area contributed by atoms with Gasteiger partial charge in [0.2, 0.25) is 5.91 Å². The molecule has 1 saturated heterocycles. The van der Waals surface area contributed by atoms with Gasteiger partial charge in [0.15, 0.2) is 0 Å². The first-order chi connectivity index (χ1) is 9.13. The Balaban J connectivity index is 1.90. The zero-order valence-electron chi connectivity index (χ0n) is 11.4. The van der Waals surface area contributed by atoms with Crippen molar-refractivity contribution in [1.82, 2.24) is 15.1 Å². The van der Waals surface area contributed by atoms with Gasteiger partial charge in [0.1, 0.15) is 0 Å². The Bertz CT molecular complexity index is 615. The average molecular weight is 257 g/mol. The summed E-state index contributed by atoms with van der Waals surface area (Å²) in [6.45, 7) is 5.15. The van der Waals surface area contributed by atoms with Gasteiger partial charge in [-0.1, -0.05) is 26.0 Å². The van der Waals surface area contributed by atoms with Crippen molar-refractivity contribution in [2.75, 3.05) is 0 Å². The smallest absolute Gasteiger partial charge is 0.220 e. The maximum absolute atomic E-state index is 11.2. The topological polar surface area (TPSA) is 46.9 Å². The molecule has 19 heavy (non-hydrogen) atoms. The molecule has 0 saturated carbocycles. The molecule has 1 unspecified atom stereocenters. The van der Waals surface area contributed by atoms with E-state index in [1.165, 1.54) is 5.56 Å². The second-order valence-electron chi connectivity index (χ2n) is 5.60. The van der Waals surface area contributed by atoms with Crippen molar-refractivity contribution in [3.8, 4) is 0 Å². The number of nitrogens with one attached hydrogen (secondary N) is 1. The molecule has 0 radical (unpaired) electrons. The van der Waals surface area contributed by atoms with E-state index in [9.17, 15) is 4.79 Å².